The summed E-state index contributed by atoms with van der Waals surface area (Å²) in [4.78, 5) is 18.1. The number of fused-ring (bicyclic) bond motifs is 3. The highest BCUT2D eigenvalue weighted by molar-refractivity contribution is 5.82. The summed E-state index contributed by atoms with van der Waals surface area (Å²) in [5.41, 5.74) is 4.95. The van der Waals surface area contributed by atoms with Crippen molar-refractivity contribution in [2.45, 2.75) is 33.2 Å². The zero-order valence-corrected chi connectivity index (χ0v) is 18.5. The highest BCUT2D eigenvalue weighted by atomic mass is 16.5. The van der Waals surface area contributed by atoms with Crippen molar-refractivity contribution in [3.05, 3.63) is 53.6 Å². The van der Waals surface area contributed by atoms with Crippen LogP contribution in [0.2, 0.25) is 0 Å². The number of nitrogens with zero attached hydrogens (tertiary/aromatic N) is 2. The Morgan fingerprint density at radius 2 is 1.93 bits per heavy atom. The van der Waals surface area contributed by atoms with Crippen LogP contribution < -0.4 is 19.9 Å². The van der Waals surface area contributed by atoms with Gasteiger partial charge in [-0.1, -0.05) is 37.6 Å². The van der Waals surface area contributed by atoms with Crippen LogP contribution in [-0.4, -0.2) is 45.2 Å². The molecular weight excluding hydrogens is 374 g/mol. The molecule has 0 saturated carbocycles. The molecule has 4 rings (SSSR count). The molecule has 0 aromatic heterocycles. The number of piperazine rings is 1. The van der Waals surface area contributed by atoms with Crippen LogP contribution in [0.3, 0.4) is 0 Å². The molecule has 30 heavy (non-hydrogen) atoms. The van der Waals surface area contributed by atoms with Gasteiger partial charge in [-0.25, -0.2) is 0 Å². The average Bonchev–Trinajstić information content (AvgIpc) is 2.76. The minimum Gasteiger partial charge on any atom is -0.497 e. The van der Waals surface area contributed by atoms with E-state index in [9.17, 15) is 4.79 Å². The fourth-order valence-corrected chi connectivity index (χ4v) is 4.63. The Balaban J connectivity index is 1.64. The third kappa shape index (κ3) is 4.11. The van der Waals surface area contributed by atoms with Gasteiger partial charge in [0, 0.05) is 43.6 Å². The summed E-state index contributed by atoms with van der Waals surface area (Å²) in [6, 6.07) is 15.1. The number of hydrogen-bond acceptors (Lipinski definition) is 4. The van der Waals surface area contributed by atoms with Gasteiger partial charge >= 0.3 is 0 Å². The van der Waals surface area contributed by atoms with E-state index in [1.165, 1.54) is 22.5 Å². The largest absolute Gasteiger partial charge is 0.497 e. The molecule has 5 heteroatoms. The first-order chi connectivity index (χ1) is 14.5. The Morgan fingerprint density at radius 3 is 2.63 bits per heavy atom. The minimum atomic E-state index is -0.0575. The van der Waals surface area contributed by atoms with Crippen molar-refractivity contribution in [3.63, 3.8) is 0 Å². The van der Waals surface area contributed by atoms with Crippen molar-refractivity contribution >= 4 is 17.3 Å². The molecule has 0 aliphatic carbocycles. The Morgan fingerprint density at radius 1 is 1.17 bits per heavy atom. The molecule has 1 N–H and O–H groups in total. The number of nitrogens with one attached hydrogen (secondary N) is 1. The number of aryl methyl sites for hydroxylation is 1. The van der Waals surface area contributed by atoms with E-state index in [4.69, 9.17) is 4.74 Å². The fraction of sp³-hybridized carbons (Fsp3) is 0.480. The van der Waals surface area contributed by atoms with Crippen LogP contribution in [0.25, 0.3) is 0 Å². The van der Waals surface area contributed by atoms with E-state index < -0.39 is 0 Å². The van der Waals surface area contributed by atoms with E-state index in [0.29, 0.717) is 5.92 Å². The number of anilines is 2. The van der Waals surface area contributed by atoms with Gasteiger partial charge < -0.3 is 19.9 Å². The smallest absolute Gasteiger partial charge is 0.225 e. The molecule has 2 aliphatic rings. The van der Waals surface area contributed by atoms with Gasteiger partial charge in [0.05, 0.1) is 19.1 Å². The predicted molar refractivity (Wildman–Crippen MR) is 123 cm³/mol. The lowest BCUT2D eigenvalue weighted by atomic mass is 9.83. The second-order valence-corrected chi connectivity index (χ2v) is 8.99. The Labute approximate surface area is 180 Å². The number of hydrogen-bond donors (Lipinski definition) is 1. The summed E-state index contributed by atoms with van der Waals surface area (Å²) in [5, 5.41) is 3.19. The number of rotatable bonds is 5. The lowest BCUT2D eigenvalue weighted by Gasteiger charge is -2.49. The third-order valence-corrected chi connectivity index (χ3v) is 6.35. The van der Waals surface area contributed by atoms with Crippen LogP contribution in [0.5, 0.6) is 5.75 Å². The van der Waals surface area contributed by atoms with Gasteiger partial charge in [0.15, 0.2) is 0 Å². The molecule has 0 spiro atoms. The van der Waals surface area contributed by atoms with E-state index in [2.05, 4.69) is 72.3 Å². The van der Waals surface area contributed by atoms with E-state index in [0.717, 1.165) is 38.3 Å². The number of methoxy groups -OCH3 is 1. The van der Waals surface area contributed by atoms with Crippen molar-refractivity contribution < 1.29 is 9.53 Å². The van der Waals surface area contributed by atoms with E-state index >= 15 is 0 Å². The quantitative estimate of drug-likeness (QED) is 0.822. The van der Waals surface area contributed by atoms with Crippen LogP contribution >= 0.6 is 0 Å². The number of carbonyl (C=O) groups excluding carboxylic acids is 1. The summed E-state index contributed by atoms with van der Waals surface area (Å²) >= 11 is 0. The summed E-state index contributed by atoms with van der Waals surface area (Å²) in [6.07, 6.45) is 0.770. The number of amides is 1. The average molecular weight is 408 g/mol. The highest BCUT2D eigenvalue weighted by Gasteiger charge is 2.41. The first-order valence-corrected chi connectivity index (χ1v) is 11.0. The topological polar surface area (TPSA) is 44.8 Å². The maximum atomic E-state index is 13.2. The van der Waals surface area contributed by atoms with Gasteiger partial charge in [-0.15, -0.1) is 0 Å². The zero-order chi connectivity index (χ0) is 21.3. The standard InChI is InChI=1S/C25H33N3O2/c1-17(2)15-26-25(29)22-13-19-7-10-21(30-4)14-23(19)28-12-11-27(16-24(22)28)20-8-5-18(3)6-9-20/h5-10,14,17,22,24H,11-13,15-16H2,1-4H3,(H,26,29). The van der Waals surface area contributed by atoms with Crippen molar-refractivity contribution in [1.82, 2.24) is 5.32 Å². The molecule has 0 radical (unpaired) electrons. The third-order valence-electron chi connectivity index (χ3n) is 6.35. The van der Waals surface area contributed by atoms with Gasteiger partial charge in [0.2, 0.25) is 5.91 Å². The minimum absolute atomic E-state index is 0.0575. The van der Waals surface area contributed by atoms with Crippen LogP contribution in [0.1, 0.15) is 25.0 Å². The normalized spacial score (nSPS) is 20.6. The maximum absolute atomic E-state index is 13.2. The highest BCUT2D eigenvalue weighted by Crippen LogP contribution is 2.39. The molecule has 2 aromatic rings. The van der Waals surface area contributed by atoms with Crippen molar-refractivity contribution in [1.29, 1.82) is 0 Å². The Hall–Kier alpha value is -2.69. The van der Waals surface area contributed by atoms with Crippen LogP contribution in [0, 0.1) is 18.8 Å². The van der Waals surface area contributed by atoms with Crippen molar-refractivity contribution in [2.24, 2.45) is 11.8 Å². The van der Waals surface area contributed by atoms with Gasteiger partial charge in [-0.05, 0) is 43.0 Å². The van der Waals surface area contributed by atoms with Crippen LogP contribution in [0.15, 0.2) is 42.5 Å². The maximum Gasteiger partial charge on any atom is 0.225 e. The fourth-order valence-electron chi connectivity index (χ4n) is 4.63. The molecular formula is C25H33N3O2. The number of carbonyl (C=O) groups is 1. The first-order valence-electron chi connectivity index (χ1n) is 11.0. The molecule has 5 nitrogen and oxygen atoms in total. The van der Waals surface area contributed by atoms with E-state index in [1.807, 2.05) is 6.07 Å². The molecule has 2 aromatic carbocycles. The monoisotopic (exact) mass is 407 g/mol. The van der Waals surface area contributed by atoms with Crippen LogP contribution in [0.4, 0.5) is 11.4 Å². The van der Waals surface area contributed by atoms with Gasteiger partial charge in [0.1, 0.15) is 5.75 Å². The zero-order valence-electron chi connectivity index (χ0n) is 18.5. The van der Waals surface area contributed by atoms with Gasteiger partial charge in [0.25, 0.3) is 0 Å². The molecule has 2 unspecified atom stereocenters. The lowest BCUT2D eigenvalue weighted by molar-refractivity contribution is -0.126. The van der Waals surface area contributed by atoms with Crippen molar-refractivity contribution in [3.8, 4) is 5.75 Å². The lowest BCUT2D eigenvalue weighted by Crippen LogP contribution is -2.61. The molecule has 2 heterocycles. The van der Waals surface area contributed by atoms with E-state index in [-0.39, 0.29) is 17.9 Å². The second kappa shape index (κ2) is 8.58. The van der Waals surface area contributed by atoms with Gasteiger partial charge in [-0.3, -0.25) is 4.79 Å². The molecule has 0 bridgehead atoms. The molecule has 1 saturated heterocycles. The molecule has 160 valence electrons. The Kier molecular flexibility index (Phi) is 5.89. The summed E-state index contributed by atoms with van der Waals surface area (Å²) in [7, 11) is 1.71. The van der Waals surface area contributed by atoms with Crippen LogP contribution in [-0.2, 0) is 11.2 Å². The Bertz CT molecular complexity index is 894. The molecule has 1 amide bonds. The molecule has 2 aliphatic heterocycles. The molecule has 2 atom stereocenters. The number of benzene rings is 2. The van der Waals surface area contributed by atoms with E-state index in [1.54, 1.807) is 7.11 Å². The van der Waals surface area contributed by atoms with Crippen molar-refractivity contribution in [2.75, 3.05) is 43.1 Å². The summed E-state index contributed by atoms with van der Waals surface area (Å²) < 4.78 is 5.48. The second-order valence-electron chi connectivity index (χ2n) is 8.99. The first kappa shape index (κ1) is 20.6. The van der Waals surface area contributed by atoms with Gasteiger partial charge in [-0.2, -0.15) is 0 Å². The predicted octanol–water partition coefficient (Wildman–Crippen LogP) is 3.64. The molecule has 1 fully saturated rings. The summed E-state index contributed by atoms with van der Waals surface area (Å²) in [5.74, 6) is 1.43. The number of ether oxygens (including phenoxy) is 1. The summed E-state index contributed by atoms with van der Waals surface area (Å²) in [6.45, 7) is 9.79. The SMILES string of the molecule is COc1ccc2c(c1)N1CCN(c3ccc(C)cc3)CC1C(C(=O)NCC(C)C)C2.